The molecule has 0 unspecified atom stereocenters. The third-order valence-electron chi connectivity index (χ3n) is 2.70. The van der Waals surface area contributed by atoms with Crippen molar-refractivity contribution in [2.45, 2.75) is 0 Å². The first-order chi connectivity index (χ1) is 10.0. The maximum atomic E-state index is 11.6. The third-order valence-corrected chi connectivity index (χ3v) is 2.94. The van der Waals surface area contributed by atoms with Crippen LogP contribution in [0, 0.1) is 0 Å². The third kappa shape index (κ3) is 3.41. The lowest BCUT2D eigenvalue weighted by Gasteiger charge is -2.10. The molecule has 0 radical (unpaired) electrons. The summed E-state index contributed by atoms with van der Waals surface area (Å²) in [6.45, 7) is -0.279. The van der Waals surface area contributed by atoms with E-state index in [4.69, 9.17) is 16.3 Å². The van der Waals surface area contributed by atoms with E-state index in [1.807, 2.05) is 0 Å². The molecular weight excluding hydrogens is 298 g/mol. The van der Waals surface area contributed by atoms with E-state index >= 15 is 0 Å². The molecule has 1 aromatic heterocycles. The number of carbonyl (C=O) groups is 2. The number of rotatable bonds is 4. The van der Waals surface area contributed by atoms with Crippen LogP contribution in [0.5, 0.6) is 5.75 Å². The highest BCUT2D eigenvalue weighted by Crippen LogP contribution is 2.28. The highest BCUT2D eigenvalue weighted by atomic mass is 35.5. The molecule has 7 heteroatoms. The minimum atomic E-state index is -0.611. The molecule has 0 aliphatic heterocycles. The molecule has 0 atom stereocenters. The van der Waals surface area contributed by atoms with Crippen LogP contribution in [0.1, 0.15) is 10.5 Å². The molecule has 1 heterocycles. The molecule has 0 aliphatic rings. The largest absolute Gasteiger partial charge is 0.481 e. The van der Waals surface area contributed by atoms with Crippen LogP contribution in [-0.2, 0) is 14.3 Å². The van der Waals surface area contributed by atoms with Gasteiger partial charge in [0.15, 0.2) is 12.3 Å². The van der Waals surface area contributed by atoms with E-state index in [-0.39, 0.29) is 12.3 Å². The highest BCUT2D eigenvalue weighted by molar-refractivity contribution is 6.31. The van der Waals surface area contributed by atoms with Gasteiger partial charge in [0.1, 0.15) is 5.75 Å². The van der Waals surface area contributed by atoms with Crippen LogP contribution in [0.25, 0.3) is 10.9 Å². The molecule has 0 amide bonds. The summed E-state index contributed by atoms with van der Waals surface area (Å²) in [5.41, 5.74) is 0.525. The minimum Gasteiger partial charge on any atom is -0.481 e. The second-order valence-electron chi connectivity index (χ2n) is 4.02. The number of hydrogen-bond acceptors (Lipinski definition) is 6. The molecule has 0 aliphatic carbocycles. The molecule has 0 N–H and O–H groups in total. The normalized spacial score (nSPS) is 10.2. The maximum absolute atomic E-state index is 11.6. The van der Waals surface area contributed by atoms with Crippen molar-refractivity contribution in [2.75, 3.05) is 20.8 Å². The molecule has 2 rings (SSSR count). The molecule has 0 spiro atoms. The van der Waals surface area contributed by atoms with Gasteiger partial charge in [0.05, 0.1) is 19.7 Å². The summed E-state index contributed by atoms with van der Waals surface area (Å²) in [7, 11) is 2.51. The first-order valence-corrected chi connectivity index (χ1v) is 6.31. The Morgan fingerprint density at radius 2 is 1.95 bits per heavy atom. The number of methoxy groups -OCH3 is 2. The SMILES string of the molecule is COC(=O)COc1cc(C(=O)OC)nc2cc(Cl)ccc12. The molecule has 6 nitrogen and oxygen atoms in total. The van der Waals surface area contributed by atoms with Gasteiger partial charge < -0.3 is 14.2 Å². The number of carbonyl (C=O) groups excluding carboxylic acids is 2. The second-order valence-corrected chi connectivity index (χ2v) is 4.46. The standard InChI is InChI=1S/C14H12ClNO5/c1-19-13(17)7-21-12-6-11(14(18)20-2)16-10-5-8(15)3-4-9(10)12/h3-6H,7H2,1-2H3. The number of ether oxygens (including phenoxy) is 3. The van der Waals surface area contributed by atoms with E-state index < -0.39 is 11.9 Å². The summed E-state index contributed by atoms with van der Waals surface area (Å²) in [6.07, 6.45) is 0. The number of hydrogen-bond donors (Lipinski definition) is 0. The number of benzene rings is 1. The lowest BCUT2D eigenvalue weighted by molar-refractivity contribution is -0.142. The zero-order chi connectivity index (χ0) is 15.4. The summed E-state index contributed by atoms with van der Waals surface area (Å²) >= 11 is 5.92. The van der Waals surface area contributed by atoms with Crippen LogP contribution in [0.4, 0.5) is 0 Å². The Bertz CT molecular complexity index is 701. The summed E-state index contributed by atoms with van der Waals surface area (Å²) < 4.78 is 14.5. The van der Waals surface area contributed by atoms with Gasteiger partial charge in [-0.05, 0) is 18.2 Å². The molecule has 110 valence electrons. The quantitative estimate of drug-likeness (QED) is 0.806. The highest BCUT2D eigenvalue weighted by Gasteiger charge is 2.14. The van der Waals surface area contributed by atoms with Gasteiger partial charge in [-0.1, -0.05) is 11.6 Å². The van der Waals surface area contributed by atoms with Crippen molar-refractivity contribution in [1.29, 1.82) is 0 Å². The van der Waals surface area contributed by atoms with Crippen molar-refractivity contribution < 1.29 is 23.8 Å². The minimum absolute atomic E-state index is 0.0622. The Kier molecular flexibility index (Phi) is 4.59. The lowest BCUT2D eigenvalue weighted by atomic mass is 10.2. The van der Waals surface area contributed by atoms with Crippen LogP contribution in [0.2, 0.25) is 5.02 Å². The Morgan fingerprint density at radius 1 is 1.19 bits per heavy atom. The molecule has 1 aromatic carbocycles. The average Bonchev–Trinajstić information content (AvgIpc) is 2.50. The van der Waals surface area contributed by atoms with Crippen LogP contribution < -0.4 is 4.74 Å². The Morgan fingerprint density at radius 3 is 2.62 bits per heavy atom. The molecule has 0 fully saturated rings. The summed E-state index contributed by atoms with van der Waals surface area (Å²) in [5, 5.41) is 1.09. The molecule has 0 saturated heterocycles. The van der Waals surface area contributed by atoms with Crippen molar-refractivity contribution in [3.63, 3.8) is 0 Å². The van der Waals surface area contributed by atoms with E-state index in [9.17, 15) is 9.59 Å². The predicted molar refractivity (Wildman–Crippen MR) is 75.6 cm³/mol. The second kappa shape index (κ2) is 6.41. The number of esters is 2. The van der Waals surface area contributed by atoms with Crippen LogP contribution in [0.15, 0.2) is 24.3 Å². The summed E-state index contributed by atoms with van der Waals surface area (Å²) in [4.78, 5) is 27.0. The average molecular weight is 310 g/mol. The van der Waals surface area contributed by atoms with Gasteiger partial charge in [-0.15, -0.1) is 0 Å². The van der Waals surface area contributed by atoms with Crippen molar-refractivity contribution in [2.24, 2.45) is 0 Å². The van der Waals surface area contributed by atoms with E-state index in [1.54, 1.807) is 18.2 Å². The fourth-order valence-corrected chi connectivity index (χ4v) is 1.86. The van der Waals surface area contributed by atoms with Crippen molar-refractivity contribution in [3.8, 4) is 5.75 Å². The zero-order valence-corrected chi connectivity index (χ0v) is 12.1. The van der Waals surface area contributed by atoms with E-state index in [1.165, 1.54) is 20.3 Å². The fraction of sp³-hybridized carbons (Fsp3) is 0.214. The number of halogens is 1. The predicted octanol–water partition coefficient (Wildman–Crippen LogP) is 2.23. The van der Waals surface area contributed by atoms with Crippen molar-refractivity contribution in [1.82, 2.24) is 4.98 Å². The first-order valence-electron chi connectivity index (χ1n) is 5.93. The van der Waals surface area contributed by atoms with Crippen molar-refractivity contribution >= 4 is 34.4 Å². The topological polar surface area (TPSA) is 74.7 Å². The van der Waals surface area contributed by atoms with Crippen LogP contribution in [-0.4, -0.2) is 37.7 Å². The van der Waals surface area contributed by atoms with E-state index in [2.05, 4.69) is 14.5 Å². The number of aromatic nitrogens is 1. The van der Waals surface area contributed by atoms with Gasteiger partial charge in [-0.25, -0.2) is 14.6 Å². The van der Waals surface area contributed by atoms with E-state index in [0.717, 1.165) is 0 Å². The number of fused-ring (bicyclic) bond motifs is 1. The summed E-state index contributed by atoms with van der Waals surface area (Å²) in [6, 6.07) is 6.35. The molecule has 21 heavy (non-hydrogen) atoms. The zero-order valence-electron chi connectivity index (χ0n) is 11.4. The van der Waals surface area contributed by atoms with Gasteiger partial charge >= 0.3 is 11.9 Å². The molecule has 0 bridgehead atoms. The lowest BCUT2D eigenvalue weighted by Crippen LogP contribution is -2.13. The Labute approximate surface area is 125 Å². The van der Waals surface area contributed by atoms with Crippen LogP contribution >= 0.6 is 11.6 Å². The smallest absolute Gasteiger partial charge is 0.356 e. The van der Waals surface area contributed by atoms with Gasteiger partial charge in [-0.3, -0.25) is 0 Å². The number of pyridine rings is 1. The molecule has 0 saturated carbocycles. The van der Waals surface area contributed by atoms with Crippen LogP contribution in [0.3, 0.4) is 0 Å². The van der Waals surface area contributed by atoms with Gasteiger partial charge in [-0.2, -0.15) is 0 Å². The monoisotopic (exact) mass is 309 g/mol. The van der Waals surface area contributed by atoms with Gasteiger partial charge in [0.2, 0.25) is 0 Å². The van der Waals surface area contributed by atoms with Gasteiger partial charge in [0, 0.05) is 16.5 Å². The first kappa shape index (κ1) is 15.1. The van der Waals surface area contributed by atoms with Crippen molar-refractivity contribution in [3.05, 3.63) is 35.0 Å². The fourth-order valence-electron chi connectivity index (χ4n) is 1.69. The Balaban J connectivity index is 2.49. The summed E-state index contributed by atoms with van der Waals surface area (Å²) in [5.74, 6) is -0.823. The Hall–Kier alpha value is -2.34. The molecular formula is C14H12ClNO5. The molecule has 2 aromatic rings. The van der Waals surface area contributed by atoms with Gasteiger partial charge in [0.25, 0.3) is 0 Å². The maximum Gasteiger partial charge on any atom is 0.356 e. The number of nitrogens with zero attached hydrogens (tertiary/aromatic N) is 1. The van der Waals surface area contributed by atoms with E-state index in [0.29, 0.717) is 21.7 Å².